The molecule has 0 spiro atoms. The Morgan fingerprint density at radius 3 is 2.70 bits per heavy atom. The zero-order chi connectivity index (χ0) is 16.0. The molecule has 1 aromatic heterocycles. The van der Waals surface area contributed by atoms with Gasteiger partial charge in [0.05, 0.1) is 23.5 Å². The molecule has 0 amide bonds. The summed E-state index contributed by atoms with van der Waals surface area (Å²) >= 11 is 1.35. The average Bonchev–Trinajstić information content (AvgIpc) is 3.12. The fourth-order valence-corrected chi connectivity index (χ4v) is 4.74. The molecule has 0 bridgehead atoms. The third-order valence-electron chi connectivity index (χ3n) is 3.76. The molecule has 3 heterocycles. The zero-order valence-corrected chi connectivity index (χ0v) is 14.0. The van der Waals surface area contributed by atoms with E-state index < -0.39 is 10.0 Å². The van der Waals surface area contributed by atoms with Gasteiger partial charge in [-0.05, 0) is 24.6 Å². The third-order valence-corrected chi connectivity index (χ3v) is 5.89. The molecular weight excluding hydrogens is 332 g/mol. The van der Waals surface area contributed by atoms with Crippen LogP contribution in [-0.2, 0) is 10.0 Å². The molecular formula is C15H14N4O2S2. The van der Waals surface area contributed by atoms with Crippen molar-refractivity contribution < 1.29 is 8.42 Å². The van der Waals surface area contributed by atoms with E-state index in [9.17, 15) is 8.42 Å². The summed E-state index contributed by atoms with van der Waals surface area (Å²) in [5.41, 5.74) is 4.05. The van der Waals surface area contributed by atoms with Crippen LogP contribution in [0.4, 0.5) is 0 Å². The van der Waals surface area contributed by atoms with Crippen molar-refractivity contribution in [1.82, 2.24) is 14.5 Å². The highest BCUT2D eigenvalue weighted by molar-refractivity contribution is 8.17. The Hall–Kier alpha value is -2.06. The lowest BCUT2D eigenvalue weighted by molar-refractivity contribution is 0.567. The molecule has 0 unspecified atom stereocenters. The average molecular weight is 346 g/mol. The van der Waals surface area contributed by atoms with Gasteiger partial charge in [0, 0.05) is 23.8 Å². The van der Waals surface area contributed by atoms with Crippen LogP contribution in [0.25, 0.3) is 11.4 Å². The summed E-state index contributed by atoms with van der Waals surface area (Å²) in [7, 11) is -3.30. The van der Waals surface area contributed by atoms with Crippen LogP contribution in [0, 0.1) is 6.92 Å². The van der Waals surface area contributed by atoms with Gasteiger partial charge in [0.15, 0.2) is 5.17 Å². The molecule has 2 aliphatic heterocycles. The van der Waals surface area contributed by atoms with Gasteiger partial charge in [-0.3, -0.25) is 0 Å². The van der Waals surface area contributed by atoms with E-state index in [0.29, 0.717) is 11.7 Å². The smallest absolute Gasteiger partial charge is 0.257 e. The summed E-state index contributed by atoms with van der Waals surface area (Å²) in [6, 6.07) is 8.11. The van der Waals surface area contributed by atoms with Crippen molar-refractivity contribution in [3.05, 3.63) is 53.5 Å². The highest BCUT2D eigenvalue weighted by Crippen LogP contribution is 2.35. The Labute approximate surface area is 138 Å². The molecule has 0 N–H and O–H groups in total. The van der Waals surface area contributed by atoms with Crippen molar-refractivity contribution in [3.63, 3.8) is 0 Å². The molecule has 0 saturated carbocycles. The fourth-order valence-electron chi connectivity index (χ4n) is 2.59. The first-order valence-electron chi connectivity index (χ1n) is 7.10. The summed E-state index contributed by atoms with van der Waals surface area (Å²) in [5, 5.41) is 2.50. The van der Waals surface area contributed by atoms with E-state index in [0.717, 1.165) is 22.6 Å². The Kier molecular flexibility index (Phi) is 3.31. The number of aryl methyl sites for hydroxylation is 1. The number of nitrogens with zero attached hydrogens (tertiary/aromatic N) is 4. The number of amidine groups is 1. The Morgan fingerprint density at radius 1 is 1.22 bits per heavy atom. The highest BCUT2D eigenvalue weighted by atomic mass is 32.2. The molecule has 0 atom stereocenters. The molecule has 0 fully saturated rings. The second-order valence-corrected chi connectivity index (χ2v) is 7.99. The largest absolute Gasteiger partial charge is 0.318 e. The lowest BCUT2D eigenvalue weighted by Gasteiger charge is -2.25. The second kappa shape index (κ2) is 5.24. The number of aromatic nitrogens is 2. The molecule has 118 valence electrons. The van der Waals surface area contributed by atoms with E-state index in [1.165, 1.54) is 11.8 Å². The van der Waals surface area contributed by atoms with Gasteiger partial charge >= 0.3 is 0 Å². The summed E-state index contributed by atoms with van der Waals surface area (Å²) < 4.78 is 29.0. The molecule has 8 heteroatoms. The van der Waals surface area contributed by atoms with Crippen molar-refractivity contribution in [1.29, 1.82) is 0 Å². The lowest BCUT2D eigenvalue weighted by Crippen LogP contribution is -2.34. The number of sulfonamides is 1. The third kappa shape index (κ3) is 2.68. The van der Waals surface area contributed by atoms with Gasteiger partial charge in [0.25, 0.3) is 10.0 Å². The number of hydrogen-bond acceptors (Lipinski definition) is 5. The number of benzene rings is 1. The molecule has 0 radical (unpaired) electrons. The van der Waals surface area contributed by atoms with Gasteiger partial charge in [-0.25, -0.2) is 13.4 Å². The summed E-state index contributed by atoms with van der Waals surface area (Å²) in [4.78, 5) is 6.19. The van der Waals surface area contributed by atoms with E-state index >= 15 is 0 Å². The van der Waals surface area contributed by atoms with Crippen LogP contribution in [0.5, 0.6) is 0 Å². The molecule has 6 nitrogen and oxygen atoms in total. The maximum atomic E-state index is 11.6. The quantitative estimate of drug-likeness (QED) is 0.834. The van der Waals surface area contributed by atoms with Crippen LogP contribution in [0.3, 0.4) is 0 Å². The van der Waals surface area contributed by atoms with Crippen LogP contribution in [0.1, 0.15) is 11.3 Å². The molecule has 0 saturated heterocycles. The monoisotopic (exact) mass is 346 g/mol. The molecule has 23 heavy (non-hydrogen) atoms. The number of fused-ring (bicyclic) bond motifs is 1. The van der Waals surface area contributed by atoms with Crippen molar-refractivity contribution in [2.45, 2.75) is 6.92 Å². The van der Waals surface area contributed by atoms with E-state index in [2.05, 4.69) is 9.38 Å². The van der Waals surface area contributed by atoms with Crippen molar-refractivity contribution in [3.8, 4) is 5.69 Å². The van der Waals surface area contributed by atoms with E-state index in [-0.39, 0.29) is 5.75 Å². The molecule has 2 aromatic rings. The summed E-state index contributed by atoms with van der Waals surface area (Å²) in [6.45, 7) is 2.40. The van der Waals surface area contributed by atoms with E-state index in [1.54, 1.807) is 6.33 Å². The van der Waals surface area contributed by atoms with Gasteiger partial charge in [-0.15, -0.1) is 4.40 Å². The Morgan fingerprint density at radius 2 is 2.00 bits per heavy atom. The minimum Gasteiger partial charge on any atom is -0.318 e. The number of imidazole rings is 1. The normalized spacial score (nSPS) is 19.3. The molecule has 4 rings (SSSR count). The van der Waals surface area contributed by atoms with E-state index in [4.69, 9.17) is 0 Å². The maximum absolute atomic E-state index is 11.6. The van der Waals surface area contributed by atoms with Crippen LogP contribution >= 0.6 is 11.8 Å². The molecule has 1 aromatic carbocycles. The van der Waals surface area contributed by atoms with E-state index in [1.807, 2.05) is 52.3 Å². The van der Waals surface area contributed by atoms with Gasteiger partial charge in [-0.1, -0.05) is 23.9 Å². The minimum absolute atomic E-state index is 0.0563. The summed E-state index contributed by atoms with van der Waals surface area (Å²) in [6.07, 6.45) is 3.76. The van der Waals surface area contributed by atoms with Gasteiger partial charge < -0.3 is 9.47 Å². The van der Waals surface area contributed by atoms with Crippen molar-refractivity contribution in [2.24, 2.45) is 4.40 Å². The standard InChI is InChI=1S/C15H14N4O2S2/c1-11-8-18(10-16-11)13-4-2-12(3-5-13)14-9-22-15-17-23(20,21)7-6-19(14)15/h2-5,8-10H,6-7H2,1H3. The second-order valence-electron chi connectivity index (χ2n) is 5.40. The van der Waals surface area contributed by atoms with Gasteiger partial charge in [0.1, 0.15) is 0 Å². The number of rotatable bonds is 2. The maximum Gasteiger partial charge on any atom is 0.257 e. The first-order valence-corrected chi connectivity index (χ1v) is 9.59. The highest BCUT2D eigenvalue weighted by Gasteiger charge is 2.31. The Bertz CT molecular complexity index is 927. The van der Waals surface area contributed by atoms with Gasteiger partial charge in [0.2, 0.25) is 0 Å². The topological polar surface area (TPSA) is 67.6 Å². The SMILES string of the molecule is Cc1cn(-c2ccc(C3=CSC4=NS(=O)(=O)CCN34)cc2)cn1. The number of thioether (sulfide) groups is 1. The van der Waals surface area contributed by atoms with Crippen LogP contribution < -0.4 is 0 Å². The predicted octanol–water partition coefficient (Wildman–Crippen LogP) is 2.23. The summed E-state index contributed by atoms with van der Waals surface area (Å²) in [5.74, 6) is 0.0563. The first kappa shape index (κ1) is 14.5. The van der Waals surface area contributed by atoms with Crippen LogP contribution in [0.15, 0.2) is 46.6 Å². The molecule has 0 aliphatic carbocycles. The molecule has 2 aliphatic rings. The fraction of sp³-hybridized carbons (Fsp3) is 0.200. The number of hydrogen-bond donors (Lipinski definition) is 0. The minimum atomic E-state index is -3.30. The van der Waals surface area contributed by atoms with Crippen molar-refractivity contribution in [2.75, 3.05) is 12.3 Å². The first-order chi connectivity index (χ1) is 11.0. The van der Waals surface area contributed by atoms with Crippen molar-refractivity contribution >= 4 is 32.6 Å². The van der Waals surface area contributed by atoms with Crippen LogP contribution in [0.2, 0.25) is 0 Å². The zero-order valence-electron chi connectivity index (χ0n) is 12.4. The predicted molar refractivity (Wildman–Crippen MR) is 91.8 cm³/mol. The van der Waals surface area contributed by atoms with Gasteiger partial charge in [-0.2, -0.15) is 0 Å². The lowest BCUT2D eigenvalue weighted by atomic mass is 10.1. The Balaban J connectivity index is 1.62. The van der Waals surface area contributed by atoms with Crippen LogP contribution in [-0.4, -0.2) is 40.3 Å².